The molecule has 0 aliphatic carbocycles. The van der Waals surface area contributed by atoms with Crippen molar-refractivity contribution in [3.05, 3.63) is 84.1 Å². The van der Waals surface area contributed by atoms with Gasteiger partial charge in [0.2, 0.25) is 0 Å². The molecule has 4 aromatic rings. The zero-order chi connectivity index (χ0) is 22.7. The summed E-state index contributed by atoms with van der Waals surface area (Å²) in [6.07, 6.45) is 0. The average Bonchev–Trinajstić information content (AvgIpc) is 3.09. The van der Waals surface area contributed by atoms with Crippen LogP contribution in [0.1, 0.15) is 29.9 Å². The van der Waals surface area contributed by atoms with Crippen LogP contribution in [-0.4, -0.2) is 22.2 Å². The summed E-state index contributed by atoms with van der Waals surface area (Å²) in [7, 11) is 1.78. The average molecular weight is 430 g/mol. The SMILES string of the molecule is CC(C)COc1ccc(-c2c(C(=O)O)n(C)c3ccc(OCc4ccccc4)cc23)cc1. The number of aryl methyl sites for hydroxylation is 1. The lowest BCUT2D eigenvalue weighted by molar-refractivity contribution is 0.0688. The number of aromatic carboxylic acids is 1. The van der Waals surface area contributed by atoms with E-state index in [9.17, 15) is 9.90 Å². The largest absolute Gasteiger partial charge is 0.493 e. The molecule has 0 radical (unpaired) electrons. The standard InChI is InChI=1S/C27H27NO4/c1-18(2)16-31-21-11-9-20(10-12-21)25-23-15-22(32-17-19-7-5-4-6-8-19)13-14-24(23)28(3)26(25)27(29)30/h4-15,18H,16-17H2,1-3H3,(H,29,30). The summed E-state index contributed by atoms with van der Waals surface area (Å²) in [5.41, 5.74) is 3.66. The highest BCUT2D eigenvalue weighted by Gasteiger charge is 2.22. The van der Waals surface area contributed by atoms with Gasteiger partial charge in [0.1, 0.15) is 23.8 Å². The van der Waals surface area contributed by atoms with Crippen LogP contribution in [0.15, 0.2) is 72.8 Å². The number of carbonyl (C=O) groups is 1. The number of aromatic nitrogens is 1. The molecule has 0 aliphatic heterocycles. The molecule has 1 heterocycles. The summed E-state index contributed by atoms with van der Waals surface area (Å²) in [5.74, 6) is 0.930. The minimum atomic E-state index is -0.967. The normalized spacial score (nSPS) is 11.1. The van der Waals surface area contributed by atoms with Crippen molar-refractivity contribution >= 4 is 16.9 Å². The molecule has 5 heteroatoms. The van der Waals surface area contributed by atoms with E-state index in [1.807, 2.05) is 72.8 Å². The first-order valence-electron chi connectivity index (χ1n) is 10.7. The molecule has 0 unspecified atom stereocenters. The zero-order valence-electron chi connectivity index (χ0n) is 18.5. The van der Waals surface area contributed by atoms with Gasteiger partial charge >= 0.3 is 5.97 Å². The number of benzene rings is 3. The molecule has 0 saturated heterocycles. The molecule has 1 aromatic heterocycles. The van der Waals surface area contributed by atoms with Crippen molar-refractivity contribution in [2.75, 3.05) is 6.61 Å². The van der Waals surface area contributed by atoms with Crippen LogP contribution in [0.3, 0.4) is 0 Å². The first-order valence-corrected chi connectivity index (χ1v) is 10.7. The summed E-state index contributed by atoms with van der Waals surface area (Å²) in [6.45, 7) is 5.28. The van der Waals surface area contributed by atoms with Gasteiger partial charge < -0.3 is 19.1 Å². The van der Waals surface area contributed by atoms with E-state index in [1.165, 1.54) is 0 Å². The van der Waals surface area contributed by atoms with Crippen molar-refractivity contribution in [2.24, 2.45) is 13.0 Å². The Labute approximate surface area is 187 Å². The Balaban J connectivity index is 1.72. The lowest BCUT2D eigenvalue weighted by Crippen LogP contribution is -2.06. The third kappa shape index (κ3) is 4.47. The monoisotopic (exact) mass is 429 g/mol. The Hall–Kier alpha value is -3.73. The van der Waals surface area contributed by atoms with Gasteiger partial charge in [-0.1, -0.05) is 56.3 Å². The van der Waals surface area contributed by atoms with Crippen molar-refractivity contribution in [1.29, 1.82) is 0 Å². The zero-order valence-corrected chi connectivity index (χ0v) is 18.5. The van der Waals surface area contributed by atoms with Crippen LogP contribution in [0.4, 0.5) is 0 Å². The maximum absolute atomic E-state index is 12.1. The Morgan fingerprint density at radius 3 is 2.28 bits per heavy atom. The molecule has 5 nitrogen and oxygen atoms in total. The van der Waals surface area contributed by atoms with Crippen molar-refractivity contribution in [2.45, 2.75) is 20.5 Å². The van der Waals surface area contributed by atoms with Crippen LogP contribution < -0.4 is 9.47 Å². The lowest BCUT2D eigenvalue weighted by atomic mass is 10.0. The maximum Gasteiger partial charge on any atom is 0.353 e. The van der Waals surface area contributed by atoms with Gasteiger partial charge in [-0.15, -0.1) is 0 Å². The number of fused-ring (bicyclic) bond motifs is 1. The van der Waals surface area contributed by atoms with Crippen LogP contribution >= 0.6 is 0 Å². The van der Waals surface area contributed by atoms with Crippen LogP contribution in [0.5, 0.6) is 11.5 Å². The second-order valence-corrected chi connectivity index (χ2v) is 8.27. The molecule has 0 spiro atoms. The van der Waals surface area contributed by atoms with Crippen LogP contribution in [0.2, 0.25) is 0 Å². The third-order valence-corrected chi connectivity index (χ3v) is 5.35. The second-order valence-electron chi connectivity index (χ2n) is 8.27. The summed E-state index contributed by atoms with van der Waals surface area (Å²) in [5, 5.41) is 10.8. The maximum atomic E-state index is 12.1. The first kappa shape index (κ1) is 21.5. The van der Waals surface area contributed by atoms with Gasteiger partial charge in [0.25, 0.3) is 0 Å². The highest BCUT2D eigenvalue weighted by atomic mass is 16.5. The second kappa shape index (κ2) is 9.18. The number of hydrogen-bond acceptors (Lipinski definition) is 3. The van der Waals surface area contributed by atoms with Crippen molar-refractivity contribution in [3.8, 4) is 22.6 Å². The van der Waals surface area contributed by atoms with Crippen molar-refractivity contribution < 1.29 is 19.4 Å². The molecule has 32 heavy (non-hydrogen) atoms. The Morgan fingerprint density at radius 2 is 1.62 bits per heavy atom. The van der Waals surface area contributed by atoms with Gasteiger partial charge in [0.05, 0.1) is 6.61 Å². The quantitative estimate of drug-likeness (QED) is 0.364. The minimum absolute atomic E-state index is 0.246. The van der Waals surface area contributed by atoms with Gasteiger partial charge in [-0.2, -0.15) is 0 Å². The molecule has 0 bridgehead atoms. The molecule has 0 fully saturated rings. The fourth-order valence-electron chi connectivity index (χ4n) is 3.78. The fourth-order valence-corrected chi connectivity index (χ4v) is 3.78. The van der Waals surface area contributed by atoms with Gasteiger partial charge in [-0.05, 0) is 47.4 Å². The third-order valence-electron chi connectivity index (χ3n) is 5.35. The number of hydrogen-bond donors (Lipinski definition) is 1. The summed E-state index contributed by atoms with van der Waals surface area (Å²) < 4.78 is 13.5. The summed E-state index contributed by atoms with van der Waals surface area (Å²) >= 11 is 0. The Kier molecular flexibility index (Phi) is 6.17. The van der Waals surface area contributed by atoms with E-state index in [0.29, 0.717) is 30.4 Å². The van der Waals surface area contributed by atoms with E-state index in [4.69, 9.17) is 9.47 Å². The van der Waals surface area contributed by atoms with E-state index < -0.39 is 5.97 Å². The molecule has 3 aromatic carbocycles. The van der Waals surface area contributed by atoms with Gasteiger partial charge in [0.15, 0.2) is 0 Å². The van der Waals surface area contributed by atoms with E-state index >= 15 is 0 Å². The minimum Gasteiger partial charge on any atom is -0.493 e. The fraction of sp³-hybridized carbons (Fsp3) is 0.222. The Bertz CT molecular complexity index is 1220. The number of nitrogens with zero attached hydrogens (tertiary/aromatic N) is 1. The van der Waals surface area contributed by atoms with Crippen molar-refractivity contribution in [3.63, 3.8) is 0 Å². The number of carboxylic acids is 1. The van der Waals surface area contributed by atoms with Crippen molar-refractivity contribution in [1.82, 2.24) is 4.57 Å². The highest BCUT2D eigenvalue weighted by molar-refractivity contribution is 6.08. The number of carboxylic acid groups (broad SMARTS) is 1. The van der Waals surface area contributed by atoms with E-state index in [2.05, 4.69) is 13.8 Å². The first-order chi connectivity index (χ1) is 15.4. The van der Waals surface area contributed by atoms with E-state index in [-0.39, 0.29) is 5.69 Å². The number of rotatable bonds is 8. The molecule has 4 rings (SSSR count). The molecule has 1 N–H and O–H groups in total. The highest BCUT2D eigenvalue weighted by Crippen LogP contribution is 2.37. The van der Waals surface area contributed by atoms with Gasteiger partial charge in [0, 0.05) is 23.5 Å². The summed E-state index contributed by atoms with van der Waals surface area (Å²) in [4.78, 5) is 12.1. The molecule has 0 saturated carbocycles. The smallest absolute Gasteiger partial charge is 0.353 e. The summed E-state index contributed by atoms with van der Waals surface area (Å²) in [6, 6.07) is 23.3. The van der Waals surface area contributed by atoms with E-state index in [0.717, 1.165) is 27.8 Å². The lowest BCUT2D eigenvalue weighted by Gasteiger charge is -2.10. The molecule has 164 valence electrons. The molecule has 0 aliphatic rings. The molecule has 0 amide bonds. The predicted octanol–water partition coefficient (Wildman–Crippen LogP) is 6.16. The van der Waals surface area contributed by atoms with Crippen LogP contribution in [0, 0.1) is 5.92 Å². The molecular weight excluding hydrogens is 402 g/mol. The topological polar surface area (TPSA) is 60.7 Å². The number of ether oxygens (including phenoxy) is 2. The molecule has 0 atom stereocenters. The van der Waals surface area contributed by atoms with E-state index in [1.54, 1.807) is 11.6 Å². The van der Waals surface area contributed by atoms with Crippen LogP contribution in [-0.2, 0) is 13.7 Å². The van der Waals surface area contributed by atoms with Crippen LogP contribution in [0.25, 0.3) is 22.0 Å². The molecular formula is C27H27NO4. The van der Waals surface area contributed by atoms with Gasteiger partial charge in [-0.3, -0.25) is 0 Å². The predicted molar refractivity (Wildman–Crippen MR) is 126 cm³/mol. The van der Waals surface area contributed by atoms with Gasteiger partial charge in [-0.25, -0.2) is 4.79 Å². The Morgan fingerprint density at radius 1 is 0.938 bits per heavy atom.